The van der Waals surface area contributed by atoms with Crippen molar-refractivity contribution in [2.24, 2.45) is 5.92 Å². The van der Waals surface area contributed by atoms with Crippen LogP contribution in [0.4, 0.5) is 5.69 Å². The Hall–Kier alpha value is -2.86. The van der Waals surface area contributed by atoms with Gasteiger partial charge in [0.2, 0.25) is 0 Å². The molecular weight excluding hydrogens is 534 g/mol. The van der Waals surface area contributed by atoms with Crippen molar-refractivity contribution in [2.75, 3.05) is 45.2 Å². The van der Waals surface area contributed by atoms with Gasteiger partial charge in [0.15, 0.2) is 0 Å². The van der Waals surface area contributed by atoms with Gasteiger partial charge in [-0.05, 0) is 82.6 Å². The van der Waals surface area contributed by atoms with Gasteiger partial charge in [-0.1, -0.05) is 6.92 Å². The van der Waals surface area contributed by atoms with Gasteiger partial charge in [0, 0.05) is 31.3 Å². The fraction of sp³-hybridized carbons (Fsp3) is 0.552. The second kappa shape index (κ2) is 14.7. The molecule has 1 amide bonds. The lowest BCUT2D eigenvalue weighted by molar-refractivity contribution is -0.000450. The maximum Gasteiger partial charge on any atom is 0.261 e. The Kier molecular flexibility index (Phi) is 11.6. The molecule has 0 spiro atoms. The number of amides is 1. The Balaban J connectivity index is 2.01. The first-order chi connectivity index (χ1) is 19.1. The number of hydrogen-bond donors (Lipinski definition) is 3. The van der Waals surface area contributed by atoms with Crippen molar-refractivity contribution in [3.05, 3.63) is 48.0 Å². The average Bonchev–Trinajstić information content (AvgIpc) is 2.94. The fourth-order valence-corrected chi connectivity index (χ4v) is 5.70. The third-order valence-corrected chi connectivity index (χ3v) is 8.48. The molecule has 0 radical (unpaired) electrons. The second-order valence-electron chi connectivity index (χ2n) is 10.3. The Labute approximate surface area is 238 Å². The maximum absolute atomic E-state index is 14.1. The van der Waals surface area contributed by atoms with Crippen LogP contribution in [0.5, 0.6) is 11.5 Å². The summed E-state index contributed by atoms with van der Waals surface area (Å²) in [6.45, 7) is 7.10. The zero-order chi connectivity index (χ0) is 29.3. The van der Waals surface area contributed by atoms with E-state index in [-0.39, 0.29) is 46.8 Å². The fourth-order valence-electron chi connectivity index (χ4n) is 4.65. The molecule has 1 aliphatic rings. The zero-order valence-corrected chi connectivity index (χ0v) is 24.9. The standard InChI is InChI=1S/C29H43N3O7S/c1-20-18-32(21(2)19-33)29(34)26-16-23(31-40(35,36)25-12-10-24(37-5)11-13-25)9-14-27(26)39-22(3)8-6-7-15-38-28(20)17-30-4/h9-14,16,20-22,28,30-31,33H,6-8,15,17-19H2,1-5H3/t20-,21-,22-,28-/m0/s1. The number of fused-ring (bicyclic) bond motifs is 1. The predicted octanol–water partition coefficient (Wildman–Crippen LogP) is 3.51. The van der Waals surface area contributed by atoms with E-state index in [4.69, 9.17) is 14.2 Å². The summed E-state index contributed by atoms with van der Waals surface area (Å²) < 4.78 is 46.3. The van der Waals surface area contributed by atoms with Crippen LogP contribution in [0.3, 0.4) is 0 Å². The van der Waals surface area contributed by atoms with E-state index in [1.165, 1.54) is 25.3 Å². The summed E-state index contributed by atoms with van der Waals surface area (Å²) in [6.07, 6.45) is 2.26. The van der Waals surface area contributed by atoms with Crippen LogP contribution in [0, 0.1) is 5.92 Å². The number of anilines is 1. The Bertz CT molecular complexity index is 1210. The smallest absolute Gasteiger partial charge is 0.261 e. The van der Waals surface area contributed by atoms with Gasteiger partial charge < -0.3 is 29.5 Å². The number of nitrogens with zero attached hydrogens (tertiary/aromatic N) is 1. The van der Waals surface area contributed by atoms with E-state index in [2.05, 4.69) is 10.0 Å². The number of hydrogen-bond acceptors (Lipinski definition) is 8. The largest absolute Gasteiger partial charge is 0.497 e. The molecule has 1 heterocycles. The monoisotopic (exact) mass is 577 g/mol. The van der Waals surface area contributed by atoms with E-state index < -0.39 is 16.1 Å². The zero-order valence-electron chi connectivity index (χ0n) is 24.1. The molecule has 0 unspecified atom stereocenters. The molecule has 40 heavy (non-hydrogen) atoms. The molecule has 0 fully saturated rings. The van der Waals surface area contributed by atoms with Crippen molar-refractivity contribution in [1.29, 1.82) is 0 Å². The normalized spacial score (nSPS) is 22.0. The number of likely N-dealkylation sites (N-methyl/N-ethyl adjacent to an activating group) is 1. The van der Waals surface area contributed by atoms with Gasteiger partial charge in [-0.2, -0.15) is 0 Å². The highest BCUT2D eigenvalue weighted by Gasteiger charge is 2.30. The highest BCUT2D eigenvalue weighted by atomic mass is 32.2. The summed E-state index contributed by atoms with van der Waals surface area (Å²) >= 11 is 0. The van der Waals surface area contributed by atoms with Crippen LogP contribution in [0.1, 0.15) is 50.4 Å². The van der Waals surface area contributed by atoms with Crippen molar-refractivity contribution >= 4 is 21.6 Å². The minimum atomic E-state index is -3.93. The summed E-state index contributed by atoms with van der Waals surface area (Å²) in [6, 6.07) is 10.3. The Morgan fingerprint density at radius 2 is 1.88 bits per heavy atom. The van der Waals surface area contributed by atoms with Crippen LogP contribution in [-0.2, 0) is 14.8 Å². The molecule has 2 aromatic carbocycles. The summed E-state index contributed by atoms with van der Waals surface area (Å²) in [7, 11) is -0.562. The third kappa shape index (κ3) is 8.33. The van der Waals surface area contributed by atoms with E-state index >= 15 is 0 Å². The molecule has 3 rings (SSSR count). The summed E-state index contributed by atoms with van der Waals surface area (Å²) in [4.78, 5) is 15.7. The van der Waals surface area contributed by atoms with E-state index in [0.717, 1.165) is 19.3 Å². The van der Waals surface area contributed by atoms with E-state index in [1.54, 1.807) is 36.1 Å². The van der Waals surface area contributed by atoms with Crippen molar-refractivity contribution in [3.8, 4) is 11.5 Å². The first kappa shape index (κ1) is 31.7. The number of aliphatic hydroxyl groups is 1. The highest BCUT2D eigenvalue weighted by Crippen LogP contribution is 2.29. The van der Waals surface area contributed by atoms with E-state index in [0.29, 0.717) is 31.2 Å². The molecule has 2 aromatic rings. The molecule has 0 saturated carbocycles. The number of sulfonamides is 1. The molecule has 0 saturated heterocycles. The summed E-state index contributed by atoms with van der Waals surface area (Å²) in [5.74, 6) is 0.513. The molecule has 3 N–H and O–H groups in total. The molecule has 0 aromatic heterocycles. The van der Waals surface area contributed by atoms with Crippen molar-refractivity contribution < 1.29 is 32.5 Å². The van der Waals surface area contributed by atoms with Gasteiger partial charge in [0.05, 0.1) is 42.4 Å². The van der Waals surface area contributed by atoms with Gasteiger partial charge in [-0.3, -0.25) is 9.52 Å². The van der Waals surface area contributed by atoms with Crippen LogP contribution in [0.25, 0.3) is 0 Å². The SMILES string of the molecule is CNC[C@@H]1OCCCC[C@H](C)Oc2ccc(NS(=O)(=O)c3ccc(OC)cc3)cc2C(=O)N([C@@H](C)CO)C[C@@H]1C. The minimum absolute atomic E-state index is 0.0339. The number of rotatable bonds is 8. The minimum Gasteiger partial charge on any atom is -0.497 e. The van der Waals surface area contributed by atoms with Crippen molar-refractivity contribution in [3.63, 3.8) is 0 Å². The molecule has 10 nitrogen and oxygen atoms in total. The number of ether oxygens (including phenoxy) is 3. The Morgan fingerprint density at radius 1 is 1.15 bits per heavy atom. The molecule has 4 atom stereocenters. The summed E-state index contributed by atoms with van der Waals surface area (Å²) in [5, 5.41) is 13.2. The number of benzene rings is 2. The van der Waals surface area contributed by atoms with E-state index in [9.17, 15) is 18.3 Å². The van der Waals surface area contributed by atoms with E-state index in [1.807, 2.05) is 20.9 Å². The Morgan fingerprint density at radius 3 is 2.52 bits per heavy atom. The predicted molar refractivity (Wildman–Crippen MR) is 155 cm³/mol. The second-order valence-corrected chi connectivity index (χ2v) is 12.0. The lowest BCUT2D eigenvalue weighted by atomic mass is 10.0. The number of carbonyl (C=O) groups excluding carboxylic acids is 1. The maximum atomic E-state index is 14.1. The van der Waals surface area contributed by atoms with Crippen LogP contribution in [0.15, 0.2) is 47.4 Å². The van der Waals surface area contributed by atoms with Gasteiger partial charge in [-0.25, -0.2) is 8.42 Å². The third-order valence-electron chi connectivity index (χ3n) is 7.08. The molecule has 0 aliphatic carbocycles. The molecule has 222 valence electrons. The lowest BCUT2D eigenvalue weighted by Gasteiger charge is -2.34. The highest BCUT2D eigenvalue weighted by molar-refractivity contribution is 7.92. The van der Waals surface area contributed by atoms with Crippen LogP contribution < -0.4 is 19.5 Å². The topological polar surface area (TPSA) is 126 Å². The van der Waals surface area contributed by atoms with Crippen LogP contribution in [0.2, 0.25) is 0 Å². The lowest BCUT2D eigenvalue weighted by Crippen LogP contribution is -2.47. The quantitative estimate of drug-likeness (QED) is 0.435. The van der Waals surface area contributed by atoms with Crippen LogP contribution >= 0.6 is 0 Å². The van der Waals surface area contributed by atoms with Gasteiger partial charge in [0.1, 0.15) is 11.5 Å². The molecular formula is C29H43N3O7S. The molecule has 11 heteroatoms. The van der Waals surface area contributed by atoms with Gasteiger partial charge in [-0.15, -0.1) is 0 Å². The van der Waals surface area contributed by atoms with Crippen LogP contribution in [-0.4, -0.2) is 83.0 Å². The first-order valence-electron chi connectivity index (χ1n) is 13.7. The molecule has 1 aliphatic heterocycles. The average molecular weight is 578 g/mol. The van der Waals surface area contributed by atoms with Crippen molar-refractivity contribution in [1.82, 2.24) is 10.2 Å². The molecule has 0 bridgehead atoms. The van der Waals surface area contributed by atoms with Gasteiger partial charge >= 0.3 is 0 Å². The number of carbonyl (C=O) groups is 1. The first-order valence-corrected chi connectivity index (χ1v) is 15.2. The van der Waals surface area contributed by atoms with Gasteiger partial charge in [0.25, 0.3) is 15.9 Å². The number of aliphatic hydroxyl groups excluding tert-OH is 1. The summed E-state index contributed by atoms with van der Waals surface area (Å²) in [5.41, 5.74) is 0.443. The number of methoxy groups -OCH3 is 1. The van der Waals surface area contributed by atoms with Crippen molar-refractivity contribution in [2.45, 2.75) is 63.2 Å². The number of nitrogens with one attached hydrogen (secondary N) is 2.